The van der Waals surface area contributed by atoms with E-state index in [1.165, 1.54) is 12.8 Å². The van der Waals surface area contributed by atoms with E-state index in [-0.39, 0.29) is 0 Å². The Labute approximate surface area is 105 Å². The van der Waals surface area contributed by atoms with Gasteiger partial charge in [0.2, 0.25) is 0 Å². The van der Waals surface area contributed by atoms with Crippen molar-refractivity contribution < 1.29 is 0 Å². The molecule has 0 amide bonds. The van der Waals surface area contributed by atoms with Crippen molar-refractivity contribution in [3.05, 3.63) is 28.2 Å². The maximum absolute atomic E-state index is 9.18. The van der Waals surface area contributed by atoms with Gasteiger partial charge in [0.15, 0.2) is 0 Å². The van der Waals surface area contributed by atoms with E-state index >= 15 is 0 Å². The molecule has 1 aliphatic heterocycles. The minimum atomic E-state index is 0.761. The van der Waals surface area contributed by atoms with Gasteiger partial charge in [0, 0.05) is 17.6 Å². The van der Waals surface area contributed by atoms with Gasteiger partial charge in [-0.1, -0.05) is 13.0 Å². The fourth-order valence-corrected chi connectivity index (χ4v) is 2.58. The zero-order valence-corrected chi connectivity index (χ0v) is 11.0. The number of rotatable bonds is 1. The van der Waals surface area contributed by atoms with Gasteiger partial charge in [-0.2, -0.15) is 5.26 Å². The first kappa shape index (κ1) is 11.5. The van der Waals surface area contributed by atoms with E-state index in [9.17, 15) is 5.26 Å². The highest BCUT2D eigenvalue weighted by Gasteiger charge is 2.19. The SMILES string of the molecule is CC1CCN(c2cccc(Br)c2C#N)CC1. The molecular formula is C13H15BrN2. The molecule has 1 aliphatic rings. The molecule has 0 aromatic heterocycles. The maximum atomic E-state index is 9.18. The van der Waals surface area contributed by atoms with Crippen molar-refractivity contribution in [2.75, 3.05) is 18.0 Å². The van der Waals surface area contributed by atoms with Gasteiger partial charge in [0.1, 0.15) is 6.07 Å². The highest BCUT2D eigenvalue weighted by molar-refractivity contribution is 9.10. The summed E-state index contributed by atoms with van der Waals surface area (Å²) in [6.07, 6.45) is 2.44. The van der Waals surface area contributed by atoms with E-state index in [1.807, 2.05) is 18.2 Å². The van der Waals surface area contributed by atoms with E-state index in [1.54, 1.807) is 0 Å². The predicted molar refractivity (Wildman–Crippen MR) is 69.5 cm³/mol. The molecule has 1 fully saturated rings. The molecule has 0 aliphatic carbocycles. The summed E-state index contributed by atoms with van der Waals surface area (Å²) in [7, 11) is 0. The number of halogens is 1. The zero-order valence-electron chi connectivity index (χ0n) is 9.41. The first-order chi connectivity index (χ1) is 7.72. The molecule has 1 aromatic rings. The minimum Gasteiger partial charge on any atom is -0.370 e. The van der Waals surface area contributed by atoms with Crippen LogP contribution >= 0.6 is 15.9 Å². The number of nitriles is 1. The Kier molecular flexibility index (Phi) is 3.50. The highest BCUT2D eigenvalue weighted by Crippen LogP contribution is 2.30. The smallest absolute Gasteiger partial charge is 0.103 e. The second-order valence-electron chi connectivity index (χ2n) is 4.42. The molecule has 16 heavy (non-hydrogen) atoms. The van der Waals surface area contributed by atoms with Crippen molar-refractivity contribution in [1.82, 2.24) is 0 Å². The third-order valence-corrected chi connectivity index (χ3v) is 3.89. The van der Waals surface area contributed by atoms with Crippen LogP contribution in [0.25, 0.3) is 0 Å². The summed E-state index contributed by atoms with van der Waals surface area (Å²) in [5.41, 5.74) is 1.83. The third kappa shape index (κ3) is 2.22. The summed E-state index contributed by atoms with van der Waals surface area (Å²) in [5, 5.41) is 9.18. The quantitative estimate of drug-likeness (QED) is 0.786. The van der Waals surface area contributed by atoms with Crippen molar-refractivity contribution in [1.29, 1.82) is 5.26 Å². The van der Waals surface area contributed by atoms with Gasteiger partial charge in [-0.3, -0.25) is 0 Å². The summed E-state index contributed by atoms with van der Waals surface area (Å²) in [4.78, 5) is 2.32. The van der Waals surface area contributed by atoms with E-state index in [4.69, 9.17) is 0 Å². The summed E-state index contributed by atoms with van der Waals surface area (Å²) >= 11 is 3.44. The molecule has 84 valence electrons. The normalized spacial score (nSPS) is 17.2. The molecule has 2 rings (SSSR count). The Bertz CT molecular complexity index is 414. The number of piperidine rings is 1. The first-order valence-corrected chi connectivity index (χ1v) is 6.45. The van der Waals surface area contributed by atoms with Crippen molar-refractivity contribution in [2.24, 2.45) is 5.92 Å². The predicted octanol–water partition coefficient (Wildman–Crippen LogP) is 3.56. The molecule has 0 unspecified atom stereocenters. The van der Waals surface area contributed by atoms with E-state index in [0.29, 0.717) is 0 Å². The Morgan fingerprint density at radius 1 is 1.38 bits per heavy atom. The van der Waals surface area contributed by atoms with Gasteiger partial charge in [0.25, 0.3) is 0 Å². The molecule has 1 aromatic carbocycles. The third-order valence-electron chi connectivity index (χ3n) is 3.23. The molecule has 0 spiro atoms. The number of anilines is 1. The lowest BCUT2D eigenvalue weighted by atomic mass is 9.98. The molecule has 0 N–H and O–H groups in total. The Morgan fingerprint density at radius 3 is 2.69 bits per heavy atom. The van der Waals surface area contributed by atoms with Crippen LogP contribution in [0.5, 0.6) is 0 Å². The van der Waals surface area contributed by atoms with Gasteiger partial charge in [-0.05, 0) is 46.8 Å². The molecule has 0 radical (unpaired) electrons. The Balaban J connectivity index is 2.27. The average Bonchev–Trinajstić information content (AvgIpc) is 2.30. The van der Waals surface area contributed by atoms with Crippen LogP contribution in [0.4, 0.5) is 5.69 Å². The van der Waals surface area contributed by atoms with Crippen LogP contribution in [0, 0.1) is 17.2 Å². The van der Waals surface area contributed by atoms with Crippen LogP contribution in [0.2, 0.25) is 0 Å². The van der Waals surface area contributed by atoms with E-state index in [0.717, 1.165) is 34.7 Å². The highest BCUT2D eigenvalue weighted by atomic mass is 79.9. The summed E-state index contributed by atoms with van der Waals surface area (Å²) in [5.74, 6) is 0.814. The molecule has 0 bridgehead atoms. The van der Waals surface area contributed by atoms with Crippen LogP contribution in [0.1, 0.15) is 25.3 Å². The maximum Gasteiger partial charge on any atom is 0.103 e. The van der Waals surface area contributed by atoms with Crippen LogP contribution in [0.15, 0.2) is 22.7 Å². The zero-order chi connectivity index (χ0) is 11.5. The van der Waals surface area contributed by atoms with E-state index < -0.39 is 0 Å². The molecular weight excluding hydrogens is 264 g/mol. The van der Waals surface area contributed by atoms with Crippen LogP contribution in [-0.4, -0.2) is 13.1 Å². The average molecular weight is 279 g/mol. The number of hydrogen-bond acceptors (Lipinski definition) is 2. The fourth-order valence-electron chi connectivity index (χ4n) is 2.14. The molecule has 0 atom stereocenters. The Morgan fingerprint density at radius 2 is 2.06 bits per heavy atom. The van der Waals surface area contributed by atoms with E-state index in [2.05, 4.69) is 33.8 Å². The van der Waals surface area contributed by atoms with Crippen LogP contribution in [0.3, 0.4) is 0 Å². The lowest BCUT2D eigenvalue weighted by Crippen LogP contribution is -2.33. The second-order valence-corrected chi connectivity index (χ2v) is 5.27. The summed E-state index contributed by atoms with van der Waals surface area (Å²) < 4.78 is 0.895. The van der Waals surface area contributed by atoms with Crippen molar-refractivity contribution >= 4 is 21.6 Å². The lowest BCUT2D eigenvalue weighted by molar-refractivity contribution is 0.438. The topological polar surface area (TPSA) is 27.0 Å². The molecule has 1 heterocycles. The summed E-state index contributed by atoms with van der Waals surface area (Å²) in [6, 6.07) is 8.25. The number of nitrogens with zero attached hydrogens (tertiary/aromatic N) is 2. The van der Waals surface area contributed by atoms with Gasteiger partial charge >= 0.3 is 0 Å². The van der Waals surface area contributed by atoms with Crippen LogP contribution < -0.4 is 4.90 Å². The second kappa shape index (κ2) is 4.88. The molecule has 3 heteroatoms. The van der Waals surface area contributed by atoms with Gasteiger partial charge in [0.05, 0.1) is 11.3 Å². The van der Waals surface area contributed by atoms with Gasteiger partial charge < -0.3 is 4.90 Å². The molecule has 1 saturated heterocycles. The Hall–Kier alpha value is -1.01. The monoisotopic (exact) mass is 278 g/mol. The number of benzene rings is 1. The van der Waals surface area contributed by atoms with Gasteiger partial charge in [-0.15, -0.1) is 0 Å². The lowest BCUT2D eigenvalue weighted by Gasteiger charge is -2.32. The van der Waals surface area contributed by atoms with Crippen molar-refractivity contribution in [3.8, 4) is 6.07 Å². The first-order valence-electron chi connectivity index (χ1n) is 5.66. The minimum absolute atomic E-state index is 0.761. The van der Waals surface area contributed by atoms with Gasteiger partial charge in [-0.25, -0.2) is 0 Å². The largest absolute Gasteiger partial charge is 0.370 e. The molecule has 0 saturated carbocycles. The van der Waals surface area contributed by atoms with Crippen LogP contribution in [-0.2, 0) is 0 Å². The van der Waals surface area contributed by atoms with Crippen molar-refractivity contribution in [3.63, 3.8) is 0 Å². The molecule has 2 nitrogen and oxygen atoms in total. The number of hydrogen-bond donors (Lipinski definition) is 0. The fraction of sp³-hybridized carbons (Fsp3) is 0.462. The standard InChI is InChI=1S/C13H15BrN2/c1-10-5-7-16(8-6-10)13-4-2-3-12(14)11(13)9-15/h2-4,10H,5-8H2,1H3. The summed E-state index contributed by atoms with van der Waals surface area (Å²) in [6.45, 7) is 4.42. The van der Waals surface area contributed by atoms with Crippen molar-refractivity contribution in [2.45, 2.75) is 19.8 Å².